The van der Waals surface area contributed by atoms with Crippen LogP contribution < -0.4 is 10.1 Å². The Kier molecular flexibility index (Phi) is 6.56. The fourth-order valence-electron chi connectivity index (χ4n) is 3.41. The number of benzene rings is 4. The standard InChI is InChI=1S/C26H22ClN3O3/c1-3-33-20-9-6-8-19(15-20)28-26(32)22-13-17-7-4-5-10-21(17)24(25(22)31)30-29-23-14-18(27)12-11-16(23)2/h4-15,31H,3H2,1-2H3,(H,28,32). The summed E-state index contributed by atoms with van der Waals surface area (Å²) in [5.74, 6) is -0.0812. The molecule has 0 heterocycles. The summed E-state index contributed by atoms with van der Waals surface area (Å²) < 4.78 is 5.49. The molecule has 0 radical (unpaired) electrons. The number of hydrogen-bond acceptors (Lipinski definition) is 5. The van der Waals surface area contributed by atoms with Gasteiger partial charge in [0.1, 0.15) is 11.4 Å². The minimum Gasteiger partial charge on any atom is -0.505 e. The number of ether oxygens (including phenoxy) is 1. The van der Waals surface area contributed by atoms with Gasteiger partial charge in [-0.1, -0.05) is 48.0 Å². The Bertz CT molecular complexity index is 1370. The zero-order chi connectivity index (χ0) is 23.4. The van der Waals surface area contributed by atoms with Crippen molar-refractivity contribution in [1.29, 1.82) is 0 Å². The van der Waals surface area contributed by atoms with Crippen LogP contribution in [0.25, 0.3) is 10.8 Å². The molecular weight excluding hydrogens is 438 g/mol. The summed E-state index contributed by atoms with van der Waals surface area (Å²) in [4.78, 5) is 13.1. The van der Waals surface area contributed by atoms with Crippen LogP contribution in [0.4, 0.5) is 17.1 Å². The number of anilines is 1. The summed E-state index contributed by atoms with van der Waals surface area (Å²) in [7, 11) is 0. The predicted molar refractivity (Wildman–Crippen MR) is 132 cm³/mol. The molecule has 0 aromatic heterocycles. The van der Waals surface area contributed by atoms with Gasteiger partial charge in [-0.05, 0) is 55.1 Å². The topological polar surface area (TPSA) is 83.3 Å². The SMILES string of the molecule is CCOc1cccc(NC(=O)c2cc3ccccc3c(N=Nc3cc(Cl)ccc3C)c2O)c1. The van der Waals surface area contributed by atoms with Crippen molar-refractivity contribution in [2.75, 3.05) is 11.9 Å². The maximum atomic E-state index is 13.1. The van der Waals surface area contributed by atoms with Gasteiger partial charge in [0.25, 0.3) is 5.91 Å². The number of azo groups is 1. The molecule has 0 aliphatic rings. The molecular formula is C26H22ClN3O3. The predicted octanol–water partition coefficient (Wildman–Crippen LogP) is 7.57. The molecule has 4 aromatic carbocycles. The second kappa shape index (κ2) is 9.71. The van der Waals surface area contributed by atoms with E-state index in [9.17, 15) is 9.90 Å². The summed E-state index contributed by atoms with van der Waals surface area (Å²) in [5, 5.41) is 24.4. The van der Waals surface area contributed by atoms with Crippen molar-refractivity contribution in [3.63, 3.8) is 0 Å². The number of nitrogens with one attached hydrogen (secondary N) is 1. The van der Waals surface area contributed by atoms with E-state index in [1.54, 1.807) is 36.4 Å². The third-order valence-electron chi connectivity index (χ3n) is 5.07. The lowest BCUT2D eigenvalue weighted by Gasteiger charge is -2.12. The van der Waals surface area contributed by atoms with Gasteiger partial charge in [-0.2, -0.15) is 5.11 Å². The summed E-state index contributed by atoms with van der Waals surface area (Å²) in [6, 6.07) is 21.4. The largest absolute Gasteiger partial charge is 0.505 e. The number of rotatable bonds is 6. The molecule has 0 aliphatic heterocycles. The summed E-state index contributed by atoms with van der Waals surface area (Å²) in [6.07, 6.45) is 0. The average Bonchev–Trinajstić information content (AvgIpc) is 2.80. The van der Waals surface area contributed by atoms with Gasteiger partial charge in [0.15, 0.2) is 5.75 Å². The maximum absolute atomic E-state index is 13.1. The van der Waals surface area contributed by atoms with E-state index in [1.165, 1.54) is 0 Å². The number of halogens is 1. The molecule has 0 saturated carbocycles. The number of hydrogen-bond donors (Lipinski definition) is 2. The van der Waals surface area contributed by atoms with Gasteiger partial charge in [-0.25, -0.2) is 0 Å². The minimum atomic E-state index is -0.470. The molecule has 0 spiro atoms. The van der Waals surface area contributed by atoms with Gasteiger partial charge in [-0.3, -0.25) is 4.79 Å². The second-order valence-electron chi connectivity index (χ2n) is 7.39. The number of aromatic hydroxyl groups is 1. The Hall–Kier alpha value is -3.90. The van der Waals surface area contributed by atoms with E-state index in [0.29, 0.717) is 34.1 Å². The molecule has 0 bridgehead atoms. The van der Waals surface area contributed by atoms with Crippen LogP contribution >= 0.6 is 11.6 Å². The van der Waals surface area contributed by atoms with Crippen LogP contribution in [0.2, 0.25) is 5.02 Å². The van der Waals surface area contributed by atoms with Gasteiger partial charge in [0, 0.05) is 22.2 Å². The number of aryl methyl sites for hydroxylation is 1. The molecule has 33 heavy (non-hydrogen) atoms. The zero-order valence-corrected chi connectivity index (χ0v) is 18.9. The minimum absolute atomic E-state index is 0.0901. The van der Waals surface area contributed by atoms with Crippen molar-refractivity contribution < 1.29 is 14.6 Å². The first-order valence-electron chi connectivity index (χ1n) is 10.4. The summed E-state index contributed by atoms with van der Waals surface area (Å²) >= 11 is 6.09. The highest BCUT2D eigenvalue weighted by molar-refractivity contribution is 6.30. The smallest absolute Gasteiger partial charge is 0.259 e. The van der Waals surface area contributed by atoms with Crippen LogP contribution in [0.5, 0.6) is 11.5 Å². The lowest BCUT2D eigenvalue weighted by molar-refractivity contribution is 0.102. The second-order valence-corrected chi connectivity index (χ2v) is 7.82. The number of nitrogens with zero attached hydrogens (tertiary/aromatic N) is 2. The summed E-state index contributed by atoms with van der Waals surface area (Å²) in [5.41, 5.74) is 2.31. The third-order valence-corrected chi connectivity index (χ3v) is 5.31. The quantitative estimate of drug-likeness (QED) is 0.291. The molecule has 0 unspecified atom stereocenters. The Morgan fingerprint density at radius 1 is 1.03 bits per heavy atom. The normalized spacial score (nSPS) is 11.1. The molecule has 6 nitrogen and oxygen atoms in total. The first kappa shape index (κ1) is 22.3. The average molecular weight is 460 g/mol. The van der Waals surface area contributed by atoms with E-state index in [-0.39, 0.29) is 17.0 Å². The Balaban J connectivity index is 1.75. The fraction of sp³-hybridized carbons (Fsp3) is 0.115. The highest BCUT2D eigenvalue weighted by Gasteiger charge is 2.19. The van der Waals surface area contributed by atoms with Crippen LogP contribution in [0.15, 0.2) is 83.0 Å². The third kappa shape index (κ3) is 4.96. The zero-order valence-electron chi connectivity index (χ0n) is 18.2. The van der Waals surface area contributed by atoms with Gasteiger partial charge in [-0.15, -0.1) is 5.11 Å². The monoisotopic (exact) mass is 459 g/mol. The molecule has 2 N–H and O–H groups in total. The van der Waals surface area contributed by atoms with E-state index in [4.69, 9.17) is 16.3 Å². The first-order chi connectivity index (χ1) is 16.0. The highest BCUT2D eigenvalue weighted by atomic mass is 35.5. The van der Waals surface area contributed by atoms with Gasteiger partial charge >= 0.3 is 0 Å². The van der Waals surface area contributed by atoms with Gasteiger partial charge < -0.3 is 15.2 Å². The number of phenolic OH excluding ortho intramolecular Hbond substituents is 1. The van der Waals surface area contributed by atoms with Crippen LogP contribution in [0.1, 0.15) is 22.8 Å². The molecule has 4 rings (SSSR count). The molecule has 166 valence electrons. The van der Waals surface area contributed by atoms with Gasteiger partial charge in [0.2, 0.25) is 0 Å². The van der Waals surface area contributed by atoms with Crippen molar-refractivity contribution in [3.8, 4) is 11.5 Å². The Labute approximate surface area is 196 Å². The number of phenols is 1. The van der Waals surface area contributed by atoms with Crippen molar-refractivity contribution in [2.24, 2.45) is 10.2 Å². The summed E-state index contributed by atoms with van der Waals surface area (Å²) in [6.45, 7) is 4.30. The van der Waals surface area contributed by atoms with Gasteiger partial charge in [0.05, 0.1) is 17.9 Å². The number of fused-ring (bicyclic) bond motifs is 1. The van der Waals surface area contributed by atoms with E-state index >= 15 is 0 Å². The molecule has 0 saturated heterocycles. The molecule has 7 heteroatoms. The lowest BCUT2D eigenvalue weighted by atomic mass is 10.0. The first-order valence-corrected chi connectivity index (χ1v) is 10.8. The number of carbonyl (C=O) groups excluding carboxylic acids is 1. The van der Waals surface area contributed by atoms with E-state index < -0.39 is 5.91 Å². The fourth-order valence-corrected chi connectivity index (χ4v) is 3.58. The molecule has 4 aromatic rings. The molecule has 0 aliphatic carbocycles. The van der Waals surface area contributed by atoms with Crippen LogP contribution in [0, 0.1) is 6.92 Å². The molecule has 0 fully saturated rings. The van der Waals surface area contributed by atoms with Crippen LogP contribution in [0.3, 0.4) is 0 Å². The van der Waals surface area contributed by atoms with Crippen molar-refractivity contribution >= 4 is 45.3 Å². The van der Waals surface area contributed by atoms with Crippen LogP contribution in [-0.2, 0) is 0 Å². The maximum Gasteiger partial charge on any atom is 0.259 e. The molecule has 0 atom stereocenters. The van der Waals surface area contributed by atoms with E-state index in [0.717, 1.165) is 10.9 Å². The Morgan fingerprint density at radius 2 is 1.85 bits per heavy atom. The van der Waals surface area contributed by atoms with E-state index in [2.05, 4.69) is 15.5 Å². The van der Waals surface area contributed by atoms with Crippen LogP contribution in [-0.4, -0.2) is 17.6 Å². The molecule has 1 amide bonds. The highest BCUT2D eigenvalue weighted by Crippen LogP contribution is 2.40. The van der Waals surface area contributed by atoms with Crippen molar-refractivity contribution in [3.05, 3.63) is 88.9 Å². The van der Waals surface area contributed by atoms with Crippen molar-refractivity contribution in [1.82, 2.24) is 0 Å². The Morgan fingerprint density at radius 3 is 2.67 bits per heavy atom. The van der Waals surface area contributed by atoms with Crippen molar-refractivity contribution in [2.45, 2.75) is 13.8 Å². The number of amides is 1. The number of carbonyl (C=O) groups is 1. The lowest BCUT2D eigenvalue weighted by Crippen LogP contribution is -2.12. The van der Waals surface area contributed by atoms with E-state index in [1.807, 2.05) is 50.2 Å².